The number of carbonyl (C=O) groups is 1. The van der Waals surface area contributed by atoms with Crippen LogP contribution in [0.25, 0.3) is 0 Å². The van der Waals surface area contributed by atoms with Gasteiger partial charge in [-0.1, -0.05) is 6.42 Å². The molecule has 7 nitrogen and oxygen atoms in total. The van der Waals surface area contributed by atoms with E-state index in [0.717, 1.165) is 32.4 Å². The first kappa shape index (κ1) is 13.0. The molecule has 1 atom stereocenters. The number of fused-ring (bicyclic) bond motifs is 1. The molecule has 0 bridgehead atoms. The van der Waals surface area contributed by atoms with E-state index in [4.69, 9.17) is 0 Å². The highest BCUT2D eigenvalue weighted by atomic mass is 16.6. The summed E-state index contributed by atoms with van der Waals surface area (Å²) in [5.74, 6) is -0.107. The Hall–Kier alpha value is -2.02. The lowest BCUT2D eigenvalue weighted by Gasteiger charge is -2.42. The van der Waals surface area contributed by atoms with Gasteiger partial charge in [0.2, 0.25) is 5.91 Å². The average molecular weight is 276 g/mol. The molecule has 0 spiro atoms. The maximum atomic E-state index is 12.5. The van der Waals surface area contributed by atoms with Crippen LogP contribution in [-0.2, 0) is 4.79 Å². The standard InChI is InChI=1S/C13H16N4O3/c18-13-11-3-1-2-6-15(11)7-8-16(13)10-4-5-12(14-9-10)17(19)20/h4-5,9,11H,1-3,6-8H2/t11-/m1/s1. The largest absolute Gasteiger partial charge is 0.363 e. The number of nitro groups is 1. The van der Waals surface area contributed by atoms with Crippen molar-refractivity contribution < 1.29 is 9.72 Å². The van der Waals surface area contributed by atoms with Crippen molar-refractivity contribution >= 4 is 17.4 Å². The predicted octanol–water partition coefficient (Wildman–Crippen LogP) is 1.19. The molecule has 2 fully saturated rings. The summed E-state index contributed by atoms with van der Waals surface area (Å²) in [5, 5.41) is 10.6. The fourth-order valence-corrected chi connectivity index (χ4v) is 2.96. The minimum absolute atomic E-state index is 0.0345. The zero-order valence-corrected chi connectivity index (χ0v) is 11.1. The number of pyridine rings is 1. The molecule has 1 aromatic rings. The lowest BCUT2D eigenvalue weighted by atomic mass is 9.98. The molecular weight excluding hydrogens is 260 g/mol. The van der Waals surface area contributed by atoms with E-state index in [9.17, 15) is 14.9 Å². The quantitative estimate of drug-likeness (QED) is 0.599. The van der Waals surface area contributed by atoms with Crippen molar-refractivity contribution in [1.29, 1.82) is 0 Å². The Morgan fingerprint density at radius 3 is 2.80 bits per heavy atom. The molecule has 1 aromatic heterocycles. The molecule has 0 N–H and O–H groups in total. The molecule has 0 aliphatic carbocycles. The summed E-state index contributed by atoms with van der Waals surface area (Å²) in [6.07, 6.45) is 4.55. The van der Waals surface area contributed by atoms with Gasteiger partial charge in [-0.05, 0) is 35.4 Å². The van der Waals surface area contributed by atoms with Crippen LogP contribution < -0.4 is 4.90 Å². The van der Waals surface area contributed by atoms with Crippen LogP contribution >= 0.6 is 0 Å². The monoisotopic (exact) mass is 276 g/mol. The first-order valence-electron chi connectivity index (χ1n) is 6.83. The summed E-state index contributed by atoms with van der Waals surface area (Å²) in [4.78, 5) is 30.3. The normalized spacial score (nSPS) is 23.5. The highest BCUT2D eigenvalue weighted by Gasteiger charge is 2.36. The van der Waals surface area contributed by atoms with Gasteiger partial charge in [0.05, 0.1) is 11.7 Å². The number of nitrogens with zero attached hydrogens (tertiary/aromatic N) is 4. The van der Waals surface area contributed by atoms with Gasteiger partial charge in [0, 0.05) is 19.2 Å². The van der Waals surface area contributed by atoms with Crippen molar-refractivity contribution in [2.45, 2.75) is 25.3 Å². The van der Waals surface area contributed by atoms with Gasteiger partial charge in [-0.25, -0.2) is 0 Å². The Morgan fingerprint density at radius 2 is 2.10 bits per heavy atom. The Bertz CT molecular complexity index is 531. The fourth-order valence-electron chi connectivity index (χ4n) is 2.96. The number of aromatic nitrogens is 1. The van der Waals surface area contributed by atoms with Crippen molar-refractivity contribution in [2.75, 3.05) is 24.5 Å². The van der Waals surface area contributed by atoms with Crippen LogP contribution in [0.1, 0.15) is 19.3 Å². The second-order valence-electron chi connectivity index (χ2n) is 5.17. The van der Waals surface area contributed by atoms with Crippen molar-refractivity contribution in [1.82, 2.24) is 9.88 Å². The van der Waals surface area contributed by atoms with Crippen molar-refractivity contribution in [3.63, 3.8) is 0 Å². The topological polar surface area (TPSA) is 79.6 Å². The van der Waals surface area contributed by atoms with Crippen LogP contribution in [0, 0.1) is 10.1 Å². The minimum Gasteiger partial charge on any atom is -0.358 e. The SMILES string of the molecule is O=C1[C@H]2CCCCN2CCN1c1ccc([N+](=O)[O-])nc1. The number of hydrogen-bond donors (Lipinski definition) is 0. The maximum Gasteiger partial charge on any atom is 0.363 e. The van der Waals surface area contributed by atoms with Gasteiger partial charge in [0.25, 0.3) is 0 Å². The lowest BCUT2D eigenvalue weighted by molar-refractivity contribution is -0.389. The van der Waals surface area contributed by atoms with Crippen LogP contribution in [0.5, 0.6) is 0 Å². The molecule has 3 heterocycles. The number of piperazine rings is 1. The first-order valence-corrected chi connectivity index (χ1v) is 6.83. The number of piperidine rings is 1. The highest BCUT2D eigenvalue weighted by Crippen LogP contribution is 2.26. The van der Waals surface area contributed by atoms with Gasteiger partial charge >= 0.3 is 5.82 Å². The molecule has 2 aliphatic heterocycles. The third kappa shape index (κ3) is 2.24. The van der Waals surface area contributed by atoms with E-state index < -0.39 is 4.92 Å². The number of hydrogen-bond acceptors (Lipinski definition) is 5. The summed E-state index contributed by atoms with van der Waals surface area (Å²) >= 11 is 0. The van der Waals surface area contributed by atoms with Gasteiger partial charge in [-0.15, -0.1) is 0 Å². The molecule has 1 amide bonds. The molecule has 3 rings (SSSR count). The molecule has 0 aromatic carbocycles. The van der Waals surface area contributed by atoms with Gasteiger partial charge in [0.15, 0.2) is 6.20 Å². The van der Waals surface area contributed by atoms with E-state index in [1.807, 2.05) is 0 Å². The van der Waals surface area contributed by atoms with E-state index in [2.05, 4.69) is 9.88 Å². The molecule has 0 unspecified atom stereocenters. The molecule has 2 aliphatic rings. The third-order valence-electron chi connectivity index (χ3n) is 4.01. The zero-order chi connectivity index (χ0) is 14.1. The van der Waals surface area contributed by atoms with E-state index in [1.54, 1.807) is 11.0 Å². The summed E-state index contributed by atoms with van der Waals surface area (Å²) in [5.41, 5.74) is 0.644. The molecule has 106 valence electrons. The molecule has 7 heteroatoms. The fraction of sp³-hybridized carbons (Fsp3) is 0.538. The number of amides is 1. The van der Waals surface area contributed by atoms with Gasteiger partial charge in [-0.3, -0.25) is 9.69 Å². The smallest absolute Gasteiger partial charge is 0.358 e. The van der Waals surface area contributed by atoms with E-state index in [0.29, 0.717) is 12.2 Å². The predicted molar refractivity (Wildman–Crippen MR) is 72.5 cm³/mol. The zero-order valence-electron chi connectivity index (χ0n) is 11.1. The summed E-state index contributed by atoms with van der Waals surface area (Å²) in [6, 6.07) is 2.91. The summed E-state index contributed by atoms with van der Waals surface area (Å²) < 4.78 is 0. The second kappa shape index (κ2) is 5.16. The van der Waals surface area contributed by atoms with Crippen LogP contribution in [0.2, 0.25) is 0 Å². The van der Waals surface area contributed by atoms with Crippen LogP contribution in [0.15, 0.2) is 18.3 Å². The van der Waals surface area contributed by atoms with Gasteiger partial charge < -0.3 is 15.0 Å². The molecule has 0 radical (unpaired) electrons. The number of carbonyl (C=O) groups excluding carboxylic acids is 1. The van der Waals surface area contributed by atoms with E-state index >= 15 is 0 Å². The molecule has 2 saturated heterocycles. The van der Waals surface area contributed by atoms with Crippen LogP contribution in [0.3, 0.4) is 0 Å². The lowest BCUT2D eigenvalue weighted by Crippen LogP contribution is -2.58. The Kier molecular flexibility index (Phi) is 3.35. The third-order valence-corrected chi connectivity index (χ3v) is 4.01. The molecular formula is C13H16N4O3. The minimum atomic E-state index is -0.537. The average Bonchev–Trinajstić information content (AvgIpc) is 2.48. The van der Waals surface area contributed by atoms with Crippen molar-refractivity contribution in [3.05, 3.63) is 28.4 Å². The Morgan fingerprint density at radius 1 is 1.25 bits per heavy atom. The second-order valence-corrected chi connectivity index (χ2v) is 5.17. The molecule has 0 saturated carbocycles. The first-order chi connectivity index (χ1) is 9.66. The van der Waals surface area contributed by atoms with Gasteiger partial charge in [-0.2, -0.15) is 0 Å². The molecule has 20 heavy (non-hydrogen) atoms. The highest BCUT2D eigenvalue weighted by molar-refractivity contribution is 5.97. The maximum absolute atomic E-state index is 12.5. The van der Waals surface area contributed by atoms with Crippen molar-refractivity contribution in [2.24, 2.45) is 0 Å². The summed E-state index contributed by atoms with van der Waals surface area (Å²) in [7, 11) is 0. The van der Waals surface area contributed by atoms with Crippen LogP contribution in [0.4, 0.5) is 11.5 Å². The van der Waals surface area contributed by atoms with Crippen LogP contribution in [-0.4, -0.2) is 46.4 Å². The Labute approximate surface area is 116 Å². The van der Waals surface area contributed by atoms with Crippen molar-refractivity contribution in [3.8, 4) is 0 Å². The summed E-state index contributed by atoms with van der Waals surface area (Å²) in [6.45, 7) is 2.46. The number of rotatable bonds is 2. The Balaban J connectivity index is 1.80. The van der Waals surface area contributed by atoms with E-state index in [1.165, 1.54) is 12.3 Å². The van der Waals surface area contributed by atoms with E-state index in [-0.39, 0.29) is 17.8 Å². The van der Waals surface area contributed by atoms with Gasteiger partial charge in [0.1, 0.15) is 0 Å². The number of anilines is 1.